The predicted octanol–water partition coefficient (Wildman–Crippen LogP) is 5.80. The second kappa shape index (κ2) is 6.91. The molecule has 20 heavy (non-hydrogen) atoms. The van der Waals surface area contributed by atoms with Crippen LogP contribution < -0.4 is 9.55 Å². The van der Waals surface area contributed by atoms with Gasteiger partial charge in [0.15, 0.2) is 12.4 Å². The maximum Gasteiger partial charge on any atom is 0.174 e. The van der Waals surface area contributed by atoms with Crippen LogP contribution in [0.25, 0.3) is 0 Å². The Morgan fingerprint density at radius 1 is 1.00 bits per heavy atom. The third-order valence-corrected chi connectivity index (χ3v) is 8.21. The van der Waals surface area contributed by atoms with Gasteiger partial charge in [-0.25, -0.2) is 0 Å². The second-order valence-electron chi connectivity index (χ2n) is 4.35. The summed E-state index contributed by atoms with van der Waals surface area (Å²) in [5.74, 6) is 0.757. The number of rotatable bonds is 4. The lowest BCUT2D eigenvalue weighted by molar-refractivity contribution is 0.413. The molecule has 3 nitrogen and oxygen atoms in total. The van der Waals surface area contributed by atoms with E-state index in [0.29, 0.717) is 37.2 Å². The van der Waals surface area contributed by atoms with Gasteiger partial charge in [-0.05, 0) is 63.7 Å². The first kappa shape index (κ1) is 17.8. The molecule has 1 atom stereocenters. The van der Waals surface area contributed by atoms with E-state index in [1.165, 1.54) is 0 Å². The van der Waals surface area contributed by atoms with Crippen LogP contribution in [0.2, 0.25) is 0 Å². The number of halogens is 6. The highest BCUT2D eigenvalue weighted by Gasteiger charge is 2.41. The molecule has 112 valence electrons. The average molecular weight is 577 g/mol. The molecule has 0 aromatic heterocycles. The fraction of sp³-hybridized carbons (Fsp3) is 0.455. The topological polar surface area (TPSA) is 26.3 Å². The molecule has 0 fully saturated rings. The van der Waals surface area contributed by atoms with E-state index < -0.39 is 4.65 Å². The summed E-state index contributed by atoms with van der Waals surface area (Å²) in [6, 6.07) is 0. The summed E-state index contributed by atoms with van der Waals surface area (Å²) in [5, 5.41) is 13.1. The summed E-state index contributed by atoms with van der Waals surface area (Å²) in [4.78, 5) is 1.99. The average Bonchev–Trinajstić information content (AvgIpc) is 2.67. The van der Waals surface area contributed by atoms with E-state index in [-0.39, 0.29) is 0 Å². The fourth-order valence-electron chi connectivity index (χ4n) is 2.29. The van der Waals surface area contributed by atoms with Gasteiger partial charge < -0.3 is 14.8 Å². The van der Waals surface area contributed by atoms with E-state index in [9.17, 15) is 5.21 Å². The molecule has 1 aliphatic rings. The van der Waals surface area contributed by atoms with E-state index in [0.717, 1.165) is 23.6 Å². The minimum atomic E-state index is -0.485. The van der Waals surface area contributed by atoms with Crippen molar-refractivity contribution < 1.29 is 0 Å². The number of fused-ring (bicyclic) bond motifs is 1. The minimum Gasteiger partial charge on any atom is -0.626 e. The van der Waals surface area contributed by atoms with E-state index in [2.05, 4.69) is 63.7 Å². The molecule has 1 aromatic rings. The maximum absolute atomic E-state index is 13.1. The van der Waals surface area contributed by atoms with Gasteiger partial charge in [-0.15, -0.1) is 23.2 Å². The molecule has 0 saturated heterocycles. The van der Waals surface area contributed by atoms with Crippen molar-refractivity contribution in [2.75, 3.05) is 36.4 Å². The van der Waals surface area contributed by atoms with Crippen molar-refractivity contribution in [1.29, 1.82) is 0 Å². The largest absolute Gasteiger partial charge is 0.626 e. The minimum absolute atomic E-state index is 0.301. The predicted molar refractivity (Wildman–Crippen MR) is 101 cm³/mol. The van der Waals surface area contributed by atoms with Gasteiger partial charge >= 0.3 is 0 Å². The van der Waals surface area contributed by atoms with Crippen LogP contribution in [0, 0.1) is 5.21 Å². The Balaban J connectivity index is 2.69. The Labute approximate surface area is 161 Å². The first-order valence-corrected chi connectivity index (χ1v) is 9.93. The lowest BCUT2D eigenvalue weighted by Crippen LogP contribution is -2.47. The molecule has 9 heteroatoms. The molecule has 1 aromatic carbocycles. The molecule has 0 N–H and O–H groups in total. The lowest BCUT2D eigenvalue weighted by Gasteiger charge is -2.38. The molecule has 0 spiro atoms. The maximum atomic E-state index is 13.1. The summed E-state index contributed by atoms with van der Waals surface area (Å²) in [5.41, 5.74) is 1.55. The molecule has 0 amide bonds. The van der Waals surface area contributed by atoms with Crippen LogP contribution in [-0.2, 0) is 0 Å². The molecular formula is C11H10Br4Cl2N2O. The van der Waals surface area contributed by atoms with E-state index in [1.807, 2.05) is 4.90 Å². The molecule has 1 heterocycles. The number of hydroxylamine groups is 2. The van der Waals surface area contributed by atoms with Crippen LogP contribution >= 0.6 is 86.9 Å². The number of hydrogen-bond acceptors (Lipinski definition) is 2. The number of anilines is 1. The van der Waals surface area contributed by atoms with Gasteiger partial charge in [0.2, 0.25) is 0 Å². The van der Waals surface area contributed by atoms with Gasteiger partial charge in [0.1, 0.15) is 5.69 Å². The van der Waals surface area contributed by atoms with Crippen molar-refractivity contribution in [3.63, 3.8) is 0 Å². The van der Waals surface area contributed by atoms with E-state index >= 15 is 0 Å². The first-order valence-electron chi connectivity index (χ1n) is 5.69. The Morgan fingerprint density at radius 2 is 1.60 bits per heavy atom. The van der Waals surface area contributed by atoms with Crippen LogP contribution in [0.4, 0.5) is 11.4 Å². The molecule has 0 saturated carbocycles. The zero-order valence-electron chi connectivity index (χ0n) is 10.1. The van der Waals surface area contributed by atoms with Crippen LogP contribution in [-0.4, -0.2) is 31.5 Å². The fourth-order valence-corrected chi connectivity index (χ4v) is 5.42. The Morgan fingerprint density at radius 3 is 2.15 bits per heavy atom. The number of hydrogen-bond donors (Lipinski definition) is 0. The standard InChI is InChI=1S/C11H10Br4Cl2N2O/c12-6-7(13)9(15)11-10(8(6)14)18(3-1-16)5-19(11,20)4-2-17/h1-5H2. The SMILES string of the molecule is [O-][N+]1(CCCl)CN(CCCl)c2c(Br)c(Br)c(Br)c(Br)c21. The van der Waals surface area contributed by atoms with Crippen molar-refractivity contribution in [2.45, 2.75) is 0 Å². The smallest absolute Gasteiger partial charge is 0.174 e. The van der Waals surface area contributed by atoms with Gasteiger partial charge in [0, 0.05) is 16.9 Å². The Bertz CT molecular complexity index is 546. The van der Waals surface area contributed by atoms with Crippen LogP contribution in [0.1, 0.15) is 0 Å². The van der Waals surface area contributed by atoms with Crippen LogP contribution in [0.5, 0.6) is 0 Å². The summed E-state index contributed by atoms with van der Waals surface area (Å²) < 4.78 is 2.78. The third kappa shape index (κ3) is 2.94. The highest BCUT2D eigenvalue weighted by atomic mass is 79.9. The van der Waals surface area contributed by atoms with Crippen molar-refractivity contribution in [3.8, 4) is 0 Å². The van der Waals surface area contributed by atoms with Gasteiger partial charge in [-0.1, -0.05) is 0 Å². The number of nitrogens with zero attached hydrogens (tertiary/aromatic N) is 2. The van der Waals surface area contributed by atoms with E-state index in [1.54, 1.807) is 0 Å². The van der Waals surface area contributed by atoms with Gasteiger partial charge in [0.25, 0.3) is 0 Å². The zero-order chi connectivity index (χ0) is 15.1. The molecule has 2 rings (SSSR count). The van der Waals surface area contributed by atoms with Crippen molar-refractivity contribution >= 4 is 98.3 Å². The van der Waals surface area contributed by atoms with Gasteiger partial charge in [-0.3, -0.25) is 0 Å². The number of quaternary nitrogens is 1. The monoisotopic (exact) mass is 572 g/mol. The van der Waals surface area contributed by atoms with Crippen LogP contribution in [0.3, 0.4) is 0 Å². The normalized spacial score (nSPS) is 21.4. The molecule has 1 unspecified atom stereocenters. The second-order valence-corrected chi connectivity index (χ2v) is 8.28. The van der Waals surface area contributed by atoms with Crippen molar-refractivity contribution in [1.82, 2.24) is 4.65 Å². The molecule has 0 aliphatic carbocycles. The summed E-state index contributed by atoms with van der Waals surface area (Å²) in [6.45, 7) is 1.24. The quantitative estimate of drug-likeness (QED) is 0.149. The summed E-state index contributed by atoms with van der Waals surface area (Å²) in [7, 11) is 0. The Kier molecular flexibility index (Phi) is 6.14. The van der Waals surface area contributed by atoms with Crippen molar-refractivity contribution in [2.24, 2.45) is 0 Å². The van der Waals surface area contributed by atoms with Gasteiger partial charge in [-0.2, -0.15) is 0 Å². The highest BCUT2D eigenvalue weighted by molar-refractivity contribution is 9.15. The molecule has 0 radical (unpaired) electrons. The third-order valence-electron chi connectivity index (χ3n) is 3.14. The zero-order valence-corrected chi connectivity index (χ0v) is 18.0. The molecule has 0 bridgehead atoms. The summed E-state index contributed by atoms with van der Waals surface area (Å²) >= 11 is 25.8. The number of benzene rings is 1. The summed E-state index contributed by atoms with van der Waals surface area (Å²) in [6.07, 6.45) is 0. The highest BCUT2D eigenvalue weighted by Crippen LogP contribution is 2.55. The molecule has 1 aliphatic heterocycles. The van der Waals surface area contributed by atoms with Gasteiger partial charge in [0.05, 0.1) is 25.8 Å². The van der Waals surface area contributed by atoms with Crippen LogP contribution in [0.15, 0.2) is 17.9 Å². The first-order chi connectivity index (χ1) is 9.37. The number of alkyl halides is 2. The van der Waals surface area contributed by atoms with E-state index in [4.69, 9.17) is 23.2 Å². The Hall–Kier alpha value is 1.44. The van der Waals surface area contributed by atoms with Crippen molar-refractivity contribution in [3.05, 3.63) is 23.1 Å². The molecular weight excluding hydrogens is 567 g/mol. The lowest BCUT2D eigenvalue weighted by atomic mass is 10.2.